The van der Waals surface area contributed by atoms with Gasteiger partial charge in [0.2, 0.25) is 0 Å². The van der Waals surface area contributed by atoms with E-state index in [0.717, 1.165) is 32.1 Å². The van der Waals surface area contributed by atoms with Crippen LogP contribution in [-0.2, 0) is 6.54 Å². The summed E-state index contributed by atoms with van der Waals surface area (Å²) in [5, 5.41) is 9.48. The van der Waals surface area contributed by atoms with Crippen molar-refractivity contribution in [1.29, 1.82) is 0 Å². The highest BCUT2D eigenvalue weighted by Crippen LogP contribution is 2.28. The second-order valence-corrected chi connectivity index (χ2v) is 7.50. The fraction of sp³-hybridized carbons (Fsp3) is 0.700. The fourth-order valence-electron chi connectivity index (χ4n) is 4.36. The minimum Gasteiger partial charge on any atom is -0.396 e. The molecular formula is C20H32N2O. The molecule has 3 nitrogen and oxygen atoms in total. The van der Waals surface area contributed by atoms with Crippen molar-refractivity contribution in [1.82, 2.24) is 9.80 Å². The van der Waals surface area contributed by atoms with Gasteiger partial charge in [-0.15, -0.1) is 0 Å². The van der Waals surface area contributed by atoms with Gasteiger partial charge in [-0.1, -0.05) is 31.0 Å². The van der Waals surface area contributed by atoms with Crippen molar-refractivity contribution < 1.29 is 5.11 Å². The molecule has 0 radical (unpaired) electrons. The van der Waals surface area contributed by atoms with Crippen LogP contribution in [0.3, 0.4) is 0 Å². The third-order valence-electron chi connectivity index (χ3n) is 5.85. The zero-order valence-corrected chi connectivity index (χ0v) is 14.8. The van der Waals surface area contributed by atoms with E-state index in [1.807, 2.05) is 0 Å². The maximum Gasteiger partial charge on any atom is 0.0446 e. The van der Waals surface area contributed by atoms with E-state index in [1.54, 1.807) is 0 Å². The Kier molecular flexibility index (Phi) is 5.73. The topological polar surface area (TPSA) is 26.7 Å². The van der Waals surface area contributed by atoms with Gasteiger partial charge in [0.15, 0.2) is 0 Å². The second-order valence-electron chi connectivity index (χ2n) is 7.50. The summed E-state index contributed by atoms with van der Waals surface area (Å²) in [7, 11) is 0. The molecule has 23 heavy (non-hydrogen) atoms. The summed E-state index contributed by atoms with van der Waals surface area (Å²) in [5.41, 5.74) is 4.18. The summed E-state index contributed by atoms with van der Waals surface area (Å²) in [6.45, 7) is 9.16. The van der Waals surface area contributed by atoms with Crippen LogP contribution in [0.25, 0.3) is 0 Å². The van der Waals surface area contributed by atoms with E-state index >= 15 is 0 Å². The fourth-order valence-corrected chi connectivity index (χ4v) is 4.36. The minimum absolute atomic E-state index is 0.311. The lowest BCUT2D eigenvalue weighted by molar-refractivity contribution is 0.0267. The standard InChI is InChI=1S/C20H32N2O/c1-16-7-8-18(13-17(16)2)14-21-10-11-22(19-5-3-4-6-19)20(15-21)9-12-23/h7-8,13,19-20,23H,3-6,9-12,14-15H2,1-2H3/t20-/m1/s1. The van der Waals surface area contributed by atoms with Gasteiger partial charge in [0.05, 0.1) is 0 Å². The van der Waals surface area contributed by atoms with Crippen molar-refractivity contribution in [3.63, 3.8) is 0 Å². The molecule has 2 aliphatic rings. The molecule has 0 unspecified atom stereocenters. The zero-order chi connectivity index (χ0) is 16.2. The van der Waals surface area contributed by atoms with Crippen LogP contribution in [0.4, 0.5) is 0 Å². The van der Waals surface area contributed by atoms with Crippen LogP contribution < -0.4 is 0 Å². The number of nitrogens with zero attached hydrogens (tertiary/aromatic N) is 2. The Balaban J connectivity index is 1.62. The molecule has 1 aliphatic carbocycles. The molecule has 0 spiro atoms. The van der Waals surface area contributed by atoms with Crippen molar-refractivity contribution in [2.45, 2.75) is 64.6 Å². The molecule has 0 bridgehead atoms. The molecule has 0 aromatic heterocycles. The number of hydrogen-bond acceptors (Lipinski definition) is 3. The van der Waals surface area contributed by atoms with Crippen molar-refractivity contribution >= 4 is 0 Å². The first kappa shape index (κ1) is 16.9. The normalized spacial score (nSPS) is 24.4. The van der Waals surface area contributed by atoms with E-state index in [0.29, 0.717) is 12.6 Å². The van der Waals surface area contributed by atoms with Crippen molar-refractivity contribution in [2.24, 2.45) is 0 Å². The molecule has 1 aromatic carbocycles. The number of hydrogen-bond donors (Lipinski definition) is 1. The Bertz CT molecular complexity index is 510. The molecule has 1 aromatic rings. The maximum atomic E-state index is 9.48. The summed E-state index contributed by atoms with van der Waals surface area (Å²) in [4.78, 5) is 5.29. The molecule has 3 rings (SSSR count). The maximum absolute atomic E-state index is 9.48. The summed E-state index contributed by atoms with van der Waals surface area (Å²) < 4.78 is 0. The van der Waals surface area contributed by atoms with E-state index in [4.69, 9.17) is 0 Å². The minimum atomic E-state index is 0.311. The zero-order valence-electron chi connectivity index (χ0n) is 14.8. The van der Waals surface area contributed by atoms with Gasteiger partial charge in [-0.3, -0.25) is 9.80 Å². The van der Waals surface area contributed by atoms with Crippen LogP contribution in [0.15, 0.2) is 18.2 Å². The third kappa shape index (κ3) is 4.14. The molecule has 1 aliphatic heterocycles. The quantitative estimate of drug-likeness (QED) is 0.904. The van der Waals surface area contributed by atoms with Crippen LogP contribution in [0.2, 0.25) is 0 Å². The van der Waals surface area contributed by atoms with E-state index in [1.165, 1.54) is 48.9 Å². The first-order chi connectivity index (χ1) is 11.2. The second kappa shape index (κ2) is 7.78. The molecule has 1 N–H and O–H groups in total. The van der Waals surface area contributed by atoms with Gasteiger partial charge in [0.25, 0.3) is 0 Å². The highest BCUT2D eigenvalue weighted by molar-refractivity contribution is 5.29. The first-order valence-corrected chi connectivity index (χ1v) is 9.32. The summed E-state index contributed by atoms with van der Waals surface area (Å²) in [6.07, 6.45) is 6.41. The molecule has 2 fully saturated rings. The van der Waals surface area contributed by atoms with Crippen molar-refractivity contribution in [3.05, 3.63) is 34.9 Å². The Morgan fingerprint density at radius 3 is 2.57 bits per heavy atom. The lowest BCUT2D eigenvalue weighted by atomic mass is 10.0. The number of aliphatic hydroxyl groups is 1. The Morgan fingerprint density at radius 1 is 1.09 bits per heavy atom. The van der Waals surface area contributed by atoms with Gasteiger partial charge in [0, 0.05) is 44.9 Å². The number of aryl methyl sites for hydroxylation is 2. The van der Waals surface area contributed by atoms with E-state index < -0.39 is 0 Å². The summed E-state index contributed by atoms with van der Waals surface area (Å²) >= 11 is 0. The Labute approximate surface area is 141 Å². The Hall–Kier alpha value is -0.900. The average Bonchev–Trinajstić information content (AvgIpc) is 3.06. The number of benzene rings is 1. The summed E-state index contributed by atoms with van der Waals surface area (Å²) in [5.74, 6) is 0. The predicted octanol–water partition coefficient (Wildman–Crippen LogP) is 3.11. The SMILES string of the molecule is Cc1ccc(CN2CCN(C3CCCC3)[C@H](CCO)C2)cc1C. The number of aliphatic hydroxyl groups excluding tert-OH is 1. The number of piperazine rings is 1. The first-order valence-electron chi connectivity index (χ1n) is 9.32. The molecule has 1 atom stereocenters. The van der Waals surface area contributed by atoms with E-state index in [2.05, 4.69) is 41.8 Å². The average molecular weight is 316 g/mol. The molecule has 1 saturated carbocycles. The monoisotopic (exact) mass is 316 g/mol. The van der Waals surface area contributed by atoms with Crippen LogP contribution in [0.5, 0.6) is 0 Å². The van der Waals surface area contributed by atoms with Crippen LogP contribution in [-0.4, -0.2) is 53.2 Å². The smallest absolute Gasteiger partial charge is 0.0446 e. The molecule has 1 saturated heterocycles. The van der Waals surface area contributed by atoms with Crippen LogP contribution in [0, 0.1) is 13.8 Å². The van der Waals surface area contributed by atoms with Gasteiger partial charge in [-0.25, -0.2) is 0 Å². The molecule has 1 heterocycles. The highest BCUT2D eigenvalue weighted by Gasteiger charge is 2.32. The molecular weight excluding hydrogens is 284 g/mol. The van der Waals surface area contributed by atoms with Gasteiger partial charge in [-0.2, -0.15) is 0 Å². The predicted molar refractivity (Wildman–Crippen MR) is 95.6 cm³/mol. The highest BCUT2D eigenvalue weighted by atomic mass is 16.3. The molecule has 3 heteroatoms. The largest absolute Gasteiger partial charge is 0.396 e. The summed E-state index contributed by atoms with van der Waals surface area (Å²) in [6, 6.07) is 8.15. The van der Waals surface area contributed by atoms with Crippen LogP contribution >= 0.6 is 0 Å². The van der Waals surface area contributed by atoms with Crippen molar-refractivity contribution in [3.8, 4) is 0 Å². The van der Waals surface area contributed by atoms with Crippen molar-refractivity contribution in [2.75, 3.05) is 26.2 Å². The van der Waals surface area contributed by atoms with E-state index in [9.17, 15) is 5.11 Å². The van der Waals surface area contributed by atoms with Gasteiger partial charge in [-0.05, 0) is 49.8 Å². The molecule has 128 valence electrons. The van der Waals surface area contributed by atoms with Gasteiger partial charge in [0.1, 0.15) is 0 Å². The molecule has 0 amide bonds. The van der Waals surface area contributed by atoms with Crippen LogP contribution in [0.1, 0.15) is 48.8 Å². The lowest BCUT2D eigenvalue weighted by Crippen LogP contribution is -2.56. The number of rotatable bonds is 5. The third-order valence-corrected chi connectivity index (χ3v) is 5.85. The lowest BCUT2D eigenvalue weighted by Gasteiger charge is -2.44. The van der Waals surface area contributed by atoms with E-state index in [-0.39, 0.29) is 0 Å². The van der Waals surface area contributed by atoms with Gasteiger partial charge >= 0.3 is 0 Å². The van der Waals surface area contributed by atoms with Gasteiger partial charge < -0.3 is 5.11 Å². The Morgan fingerprint density at radius 2 is 1.87 bits per heavy atom.